The van der Waals surface area contributed by atoms with Gasteiger partial charge in [0, 0.05) is 6.54 Å². The monoisotopic (exact) mass is 157 g/mol. The molecule has 0 rings (SSSR count). The highest BCUT2D eigenvalue weighted by molar-refractivity contribution is 5.07. The van der Waals surface area contributed by atoms with Crippen LogP contribution in [0, 0.1) is 0 Å². The van der Waals surface area contributed by atoms with Crippen LogP contribution in [0.5, 0.6) is 0 Å². The first kappa shape index (κ1) is 10.7. The highest BCUT2D eigenvalue weighted by Crippen LogP contribution is 2.11. The molecule has 1 unspecified atom stereocenters. The Kier molecular flexibility index (Phi) is 4.38. The van der Waals surface area contributed by atoms with E-state index in [4.69, 9.17) is 0 Å². The fourth-order valence-corrected chi connectivity index (χ4v) is 0.659. The number of hydrogen-bond acceptors (Lipinski definition) is 2. The van der Waals surface area contributed by atoms with E-state index in [1.807, 2.05) is 6.92 Å². The zero-order valence-electron chi connectivity index (χ0n) is 7.78. The van der Waals surface area contributed by atoms with Crippen LogP contribution in [0.3, 0.4) is 0 Å². The van der Waals surface area contributed by atoms with E-state index in [1.165, 1.54) is 0 Å². The van der Waals surface area contributed by atoms with Crippen molar-refractivity contribution in [1.29, 1.82) is 0 Å². The zero-order chi connectivity index (χ0) is 8.91. The van der Waals surface area contributed by atoms with Crippen LogP contribution in [0.2, 0.25) is 0 Å². The van der Waals surface area contributed by atoms with Crippen LogP contribution in [0.15, 0.2) is 12.2 Å². The Morgan fingerprint density at radius 3 is 2.55 bits per heavy atom. The lowest BCUT2D eigenvalue weighted by Gasteiger charge is -2.23. The second-order valence-electron chi connectivity index (χ2n) is 3.23. The summed E-state index contributed by atoms with van der Waals surface area (Å²) < 4.78 is 0. The Morgan fingerprint density at radius 1 is 1.64 bits per heavy atom. The Labute approximate surface area is 69.3 Å². The van der Waals surface area contributed by atoms with Gasteiger partial charge in [0.2, 0.25) is 0 Å². The second-order valence-corrected chi connectivity index (χ2v) is 3.23. The molecule has 0 aliphatic carbocycles. The normalized spacial score (nSPS) is 16.0. The lowest BCUT2D eigenvalue weighted by molar-refractivity contribution is 0.0983. The number of nitrogens with one attached hydrogen (secondary N) is 1. The van der Waals surface area contributed by atoms with E-state index in [0.717, 1.165) is 18.5 Å². The van der Waals surface area contributed by atoms with Crippen LogP contribution >= 0.6 is 0 Å². The molecule has 2 heteroatoms. The summed E-state index contributed by atoms with van der Waals surface area (Å²) in [4.78, 5) is 0. The molecule has 0 aromatic rings. The molecular formula is C9H19NO. The van der Waals surface area contributed by atoms with E-state index in [9.17, 15) is 5.11 Å². The summed E-state index contributed by atoms with van der Waals surface area (Å²) in [6, 6.07) is 0. The van der Waals surface area contributed by atoms with Crippen LogP contribution in [0.1, 0.15) is 27.2 Å². The Morgan fingerprint density at radius 2 is 2.18 bits per heavy atom. The highest BCUT2D eigenvalue weighted by atomic mass is 16.3. The molecular weight excluding hydrogens is 138 g/mol. The molecule has 0 spiro atoms. The van der Waals surface area contributed by atoms with Gasteiger partial charge in [-0.05, 0) is 32.4 Å². The molecule has 0 saturated carbocycles. The predicted molar refractivity (Wildman–Crippen MR) is 48.6 cm³/mol. The van der Waals surface area contributed by atoms with E-state index in [-0.39, 0.29) is 0 Å². The van der Waals surface area contributed by atoms with Crippen molar-refractivity contribution in [2.24, 2.45) is 0 Å². The average molecular weight is 157 g/mol. The van der Waals surface area contributed by atoms with E-state index >= 15 is 0 Å². The van der Waals surface area contributed by atoms with Crippen molar-refractivity contribution >= 4 is 0 Å². The lowest BCUT2D eigenvalue weighted by atomic mass is 9.99. The minimum Gasteiger partial charge on any atom is -0.384 e. The fraction of sp³-hybridized carbons (Fsp3) is 0.778. The summed E-state index contributed by atoms with van der Waals surface area (Å²) in [6.45, 7) is 11.0. The predicted octanol–water partition coefficient (Wildman–Crippen LogP) is 1.31. The first-order valence-corrected chi connectivity index (χ1v) is 4.09. The van der Waals surface area contributed by atoms with Gasteiger partial charge >= 0.3 is 0 Å². The molecule has 1 atom stereocenters. The number of hydrogen-bond donors (Lipinski definition) is 2. The van der Waals surface area contributed by atoms with Gasteiger partial charge in [-0.15, -0.1) is 0 Å². The van der Waals surface area contributed by atoms with Crippen molar-refractivity contribution in [2.75, 3.05) is 13.1 Å². The third kappa shape index (κ3) is 4.17. The smallest absolute Gasteiger partial charge is 0.0947 e. The van der Waals surface area contributed by atoms with Crippen LogP contribution in [0.25, 0.3) is 0 Å². The molecule has 0 radical (unpaired) electrons. The molecule has 0 aromatic carbocycles. The standard InChI is InChI=1S/C9H19NO/c1-5-6-10-7-9(4,11)8(2)3/h10-11H,2,5-7H2,1,3-4H3. The zero-order valence-corrected chi connectivity index (χ0v) is 7.78. The Hall–Kier alpha value is -0.340. The van der Waals surface area contributed by atoms with Gasteiger partial charge in [0.15, 0.2) is 0 Å². The van der Waals surface area contributed by atoms with Crippen molar-refractivity contribution in [2.45, 2.75) is 32.8 Å². The summed E-state index contributed by atoms with van der Waals surface area (Å²) in [7, 11) is 0. The van der Waals surface area contributed by atoms with Gasteiger partial charge in [-0.3, -0.25) is 0 Å². The second kappa shape index (κ2) is 4.52. The van der Waals surface area contributed by atoms with Crippen molar-refractivity contribution in [1.82, 2.24) is 5.32 Å². The molecule has 0 bridgehead atoms. The number of aliphatic hydroxyl groups is 1. The maximum absolute atomic E-state index is 9.66. The van der Waals surface area contributed by atoms with Gasteiger partial charge in [-0.1, -0.05) is 13.5 Å². The summed E-state index contributed by atoms with van der Waals surface area (Å²) in [5, 5.41) is 12.8. The van der Waals surface area contributed by atoms with Crippen LogP contribution in [0.4, 0.5) is 0 Å². The molecule has 0 aliphatic heterocycles. The van der Waals surface area contributed by atoms with E-state index in [2.05, 4.69) is 18.8 Å². The molecule has 0 fully saturated rings. The third-order valence-electron chi connectivity index (χ3n) is 1.82. The van der Waals surface area contributed by atoms with Gasteiger partial charge in [-0.2, -0.15) is 0 Å². The molecule has 66 valence electrons. The van der Waals surface area contributed by atoms with Crippen molar-refractivity contribution in [3.05, 3.63) is 12.2 Å². The summed E-state index contributed by atoms with van der Waals surface area (Å²) in [5.74, 6) is 0. The van der Waals surface area contributed by atoms with E-state index < -0.39 is 5.60 Å². The van der Waals surface area contributed by atoms with Crippen molar-refractivity contribution in [3.8, 4) is 0 Å². The van der Waals surface area contributed by atoms with Crippen molar-refractivity contribution < 1.29 is 5.11 Å². The molecule has 0 aliphatic rings. The molecule has 0 aromatic heterocycles. The van der Waals surface area contributed by atoms with E-state index in [1.54, 1.807) is 6.92 Å². The van der Waals surface area contributed by atoms with Gasteiger partial charge in [-0.25, -0.2) is 0 Å². The largest absolute Gasteiger partial charge is 0.384 e. The van der Waals surface area contributed by atoms with Gasteiger partial charge in [0.1, 0.15) is 0 Å². The quantitative estimate of drug-likeness (QED) is 0.466. The maximum Gasteiger partial charge on any atom is 0.0947 e. The topological polar surface area (TPSA) is 32.3 Å². The van der Waals surface area contributed by atoms with Crippen LogP contribution < -0.4 is 5.32 Å². The minimum absolute atomic E-state index is 0.593. The fourth-order valence-electron chi connectivity index (χ4n) is 0.659. The van der Waals surface area contributed by atoms with Crippen LogP contribution in [-0.4, -0.2) is 23.8 Å². The molecule has 2 nitrogen and oxygen atoms in total. The molecule has 0 amide bonds. The minimum atomic E-state index is -0.755. The number of rotatable bonds is 5. The van der Waals surface area contributed by atoms with Gasteiger partial charge in [0.05, 0.1) is 5.60 Å². The van der Waals surface area contributed by atoms with Gasteiger partial charge in [0.25, 0.3) is 0 Å². The van der Waals surface area contributed by atoms with E-state index in [0.29, 0.717) is 6.54 Å². The maximum atomic E-state index is 9.66. The summed E-state index contributed by atoms with van der Waals surface area (Å²) >= 11 is 0. The molecule has 0 saturated heterocycles. The first-order valence-electron chi connectivity index (χ1n) is 4.09. The molecule has 2 N–H and O–H groups in total. The molecule has 11 heavy (non-hydrogen) atoms. The SMILES string of the molecule is C=C(C)C(C)(O)CNCCC. The summed E-state index contributed by atoms with van der Waals surface area (Å²) in [6.07, 6.45) is 1.09. The van der Waals surface area contributed by atoms with Crippen molar-refractivity contribution in [3.63, 3.8) is 0 Å². The molecule has 0 heterocycles. The Balaban J connectivity index is 3.64. The first-order chi connectivity index (χ1) is 5.00. The summed E-state index contributed by atoms with van der Waals surface area (Å²) in [5.41, 5.74) is 0.0518. The van der Waals surface area contributed by atoms with Gasteiger partial charge < -0.3 is 10.4 Å². The average Bonchev–Trinajstić information content (AvgIpc) is 1.88. The van der Waals surface area contributed by atoms with Crippen LogP contribution in [-0.2, 0) is 0 Å². The highest BCUT2D eigenvalue weighted by Gasteiger charge is 2.19. The lowest BCUT2D eigenvalue weighted by Crippen LogP contribution is -2.38. The Bertz CT molecular complexity index is 130. The third-order valence-corrected chi connectivity index (χ3v) is 1.82.